The van der Waals surface area contributed by atoms with Crippen LogP contribution in [0.2, 0.25) is 0 Å². The average Bonchev–Trinajstić information content (AvgIpc) is 3.26. The van der Waals surface area contributed by atoms with Gasteiger partial charge in [0.05, 0.1) is 19.9 Å². The van der Waals surface area contributed by atoms with E-state index in [9.17, 15) is 0 Å². The second-order valence-corrected chi connectivity index (χ2v) is 5.74. The zero-order valence-electron chi connectivity index (χ0n) is 16.0. The predicted octanol–water partition coefficient (Wildman–Crippen LogP) is 3.70. The van der Waals surface area contributed by atoms with E-state index in [0.29, 0.717) is 24.0 Å². The summed E-state index contributed by atoms with van der Waals surface area (Å²) >= 11 is 0. The SMILES string of the molecule is CN=C(NCc1cccc(-n2cccn2)c1)Nc1ccc(OC)c(OC)c1.I. The van der Waals surface area contributed by atoms with Gasteiger partial charge in [0.1, 0.15) is 0 Å². The Kier molecular flexibility index (Phi) is 8.12. The molecule has 0 fully saturated rings. The minimum absolute atomic E-state index is 0. The van der Waals surface area contributed by atoms with E-state index < -0.39 is 0 Å². The molecule has 0 amide bonds. The number of hydrogen-bond acceptors (Lipinski definition) is 4. The molecule has 3 aromatic rings. The molecule has 0 saturated carbocycles. The molecule has 0 bridgehead atoms. The van der Waals surface area contributed by atoms with Crippen LogP contribution in [0.1, 0.15) is 5.56 Å². The fraction of sp³-hybridized carbons (Fsp3) is 0.200. The molecule has 0 aliphatic carbocycles. The van der Waals surface area contributed by atoms with Gasteiger partial charge in [-0.15, -0.1) is 24.0 Å². The third-order valence-electron chi connectivity index (χ3n) is 4.01. The molecule has 0 unspecified atom stereocenters. The van der Waals surface area contributed by atoms with E-state index in [0.717, 1.165) is 16.9 Å². The summed E-state index contributed by atoms with van der Waals surface area (Å²) < 4.78 is 12.4. The zero-order valence-corrected chi connectivity index (χ0v) is 18.4. The Hall–Kier alpha value is -2.75. The molecular weight excluding hydrogens is 469 g/mol. The quantitative estimate of drug-likeness (QED) is 0.312. The van der Waals surface area contributed by atoms with Crippen molar-refractivity contribution in [3.8, 4) is 17.2 Å². The summed E-state index contributed by atoms with van der Waals surface area (Å²) in [5.41, 5.74) is 2.99. The van der Waals surface area contributed by atoms with Gasteiger partial charge in [0.2, 0.25) is 0 Å². The number of aromatic nitrogens is 2. The second-order valence-electron chi connectivity index (χ2n) is 5.74. The number of aliphatic imine (C=N–C) groups is 1. The number of rotatable bonds is 6. The second kappa shape index (κ2) is 10.5. The van der Waals surface area contributed by atoms with Crippen LogP contribution >= 0.6 is 24.0 Å². The molecule has 0 radical (unpaired) electrons. The summed E-state index contributed by atoms with van der Waals surface area (Å²) in [4.78, 5) is 4.27. The molecule has 7 nitrogen and oxygen atoms in total. The highest BCUT2D eigenvalue weighted by atomic mass is 127. The molecule has 0 spiro atoms. The molecule has 28 heavy (non-hydrogen) atoms. The third kappa shape index (κ3) is 5.38. The molecule has 1 heterocycles. The molecule has 8 heteroatoms. The van der Waals surface area contributed by atoms with Crippen LogP contribution in [0.3, 0.4) is 0 Å². The van der Waals surface area contributed by atoms with Crippen molar-refractivity contribution < 1.29 is 9.47 Å². The molecule has 0 saturated heterocycles. The van der Waals surface area contributed by atoms with Crippen LogP contribution in [0.25, 0.3) is 5.69 Å². The molecule has 1 aromatic heterocycles. The molecule has 148 valence electrons. The van der Waals surface area contributed by atoms with Crippen molar-refractivity contribution in [2.24, 2.45) is 4.99 Å². The molecular formula is C20H24IN5O2. The smallest absolute Gasteiger partial charge is 0.195 e. The highest BCUT2D eigenvalue weighted by Gasteiger charge is 2.06. The number of ether oxygens (including phenoxy) is 2. The summed E-state index contributed by atoms with van der Waals surface area (Å²) in [5, 5.41) is 10.8. The first-order chi connectivity index (χ1) is 13.2. The van der Waals surface area contributed by atoms with Gasteiger partial charge in [-0.2, -0.15) is 5.10 Å². The maximum absolute atomic E-state index is 5.34. The van der Waals surface area contributed by atoms with E-state index in [-0.39, 0.29) is 24.0 Å². The molecule has 0 aliphatic rings. The molecule has 2 aromatic carbocycles. The van der Waals surface area contributed by atoms with E-state index in [4.69, 9.17) is 9.47 Å². The maximum atomic E-state index is 5.34. The fourth-order valence-electron chi connectivity index (χ4n) is 2.65. The van der Waals surface area contributed by atoms with Gasteiger partial charge >= 0.3 is 0 Å². The van der Waals surface area contributed by atoms with Gasteiger partial charge in [0, 0.05) is 37.7 Å². The topological polar surface area (TPSA) is 72.7 Å². The average molecular weight is 493 g/mol. The Balaban J connectivity index is 0.00000280. The fourth-order valence-corrected chi connectivity index (χ4v) is 2.65. The minimum Gasteiger partial charge on any atom is -0.493 e. The molecule has 0 atom stereocenters. The van der Waals surface area contributed by atoms with Crippen LogP contribution in [0, 0.1) is 0 Å². The molecule has 2 N–H and O–H groups in total. The van der Waals surface area contributed by atoms with E-state index in [2.05, 4.69) is 32.9 Å². The van der Waals surface area contributed by atoms with Crippen LogP contribution in [-0.2, 0) is 6.54 Å². The van der Waals surface area contributed by atoms with E-state index >= 15 is 0 Å². The van der Waals surface area contributed by atoms with Gasteiger partial charge in [-0.1, -0.05) is 12.1 Å². The Labute approximate surface area is 181 Å². The van der Waals surface area contributed by atoms with Crippen molar-refractivity contribution in [1.82, 2.24) is 15.1 Å². The summed E-state index contributed by atoms with van der Waals surface area (Å²) in [6.45, 7) is 0.627. The van der Waals surface area contributed by atoms with Crippen LogP contribution in [-0.4, -0.2) is 37.0 Å². The number of nitrogens with one attached hydrogen (secondary N) is 2. The van der Waals surface area contributed by atoms with Gasteiger partial charge in [-0.3, -0.25) is 4.99 Å². The largest absolute Gasteiger partial charge is 0.493 e. The highest BCUT2D eigenvalue weighted by molar-refractivity contribution is 14.0. The summed E-state index contributed by atoms with van der Waals surface area (Å²) in [6, 6.07) is 15.7. The van der Waals surface area contributed by atoms with Gasteiger partial charge in [0.25, 0.3) is 0 Å². The number of guanidine groups is 1. The van der Waals surface area contributed by atoms with Gasteiger partial charge < -0.3 is 20.1 Å². The number of nitrogens with zero attached hydrogens (tertiary/aromatic N) is 3. The summed E-state index contributed by atoms with van der Waals surface area (Å²) in [7, 11) is 4.96. The van der Waals surface area contributed by atoms with Crippen molar-refractivity contribution in [3.63, 3.8) is 0 Å². The Morgan fingerprint density at radius 2 is 1.89 bits per heavy atom. The van der Waals surface area contributed by atoms with Crippen LogP contribution in [0.5, 0.6) is 11.5 Å². The van der Waals surface area contributed by atoms with Crippen molar-refractivity contribution in [1.29, 1.82) is 0 Å². The lowest BCUT2D eigenvalue weighted by Gasteiger charge is -2.14. The highest BCUT2D eigenvalue weighted by Crippen LogP contribution is 2.29. The molecule has 3 rings (SSSR count). The number of methoxy groups -OCH3 is 2. The van der Waals surface area contributed by atoms with E-state index in [1.807, 2.05) is 47.3 Å². The normalized spacial score (nSPS) is 10.8. The Morgan fingerprint density at radius 3 is 2.57 bits per heavy atom. The van der Waals surface area contributed by atoms with Crippen molar-refractivity contribution in [2.75, 3.05) is 26.6 Å². The lowest BCUT2D eigenvalue weighted by atomic mass is 10.2. The first kappa shape index (κ1) is 21.5. The maximum Gasteiger partial charge on any atom is 0.195 e. The van der Waals surface area contributed by atoms with Gasteiger partial charge in [-0.25, -0.2) is 4.68 Å². The monoisotopic (exact) mass is 493 g/mol. The Bertz CT molecular complexity index is 913. The van der Waals surface area contributed by atoms with Crippen LogP contribution < -0.4 is 20.1 Å². The summed E-state index contributed by atoms with van der Waals surface area (Å²) in [5.74, 6) is 2.00. The number of benzene rings is 2. The van der Waals surface area contributed by atoms with E-state index in [1.165, 1.54) is 0 Å². The number of hydrogen-bond donors (Lipinski definition) is 2. The number of halogens is 1. The lowest BCUT2D eigenvalue weighted by molar-refractivity contribution is 0.355. The first-order valence-electron chi connectivity index (χ1n) is 8.52. The summed E-state index contributed by atoms with van der Waals surface area (Å²) in [6.07, 6.45) is 3.68. The number of anilines is 1. The van der Waals surface area contributed by atoms with E-state index in [1.54, 1.807) is 27.5 Å². The predicted molar refractivity (Wildman–Crippen MR) is 122 cm³/mol. The standard InChI is InChI=1S/C20H23N5O2.HI/c1-21-20(24-16-8-9-18(26-2)19(13-16)27-3)22-14-15-6-4-7-17(12-15)25-11-5-10-23-25;/h4-13H,14H2,1-3H3,(H2,21,22,24);1H. The van der Waals surface area contributed by atoms with Crippen LogP contribution in [0.4, 0.5) is 5.69 Å². The third-order valence-corrected chi connectivity index (χ3v) is 4.01. The van der Waals surface area contributed by atoms with Crippen molar-refractivity contribution >= 4 is 35.6 Å². The van der Waals surface area contributed by atoms with Gasteiger partial charge in [-0.05, 0) is 35.9 Å². The minimum atomic E-state index is 0. The van der Waals surface area contributed by atoms with Crippen molar-refractivity contribution in [2.45, 2.75) is 6.54 Å². The van der Waals surface area contributed by atoms with Crippen molar-refractivity contribution in [3.05, 3.63) is 66.5 Å². The molecule has 0 aliphatic heterocycles. The Morgan fingerprint density at radius 1 is 1.07 bits per heavy atom. The lowest BCUT2D eigenvalue weighted by Crippen LogP contribution is -2.30. The van der Waals surface area contributed by atoms with Gasteiger partial charge in [0.15, 0.2) is 17.5 Å². The van der Waals surface area contributed by atoms with Crippen LogP contribution in [0.15, 0.2) is 65.9 Å². The first-order valence-corrected chi connectivity index (χ1v) is 8.52. The zero-order chi connectivity index (χ0) is 19.1.